The number of phenolic OH excluding ortho intramolecular Hbond substituents is 1. The molecule has 6 heteroatoms. The van der Waals surface area contributed by atoms with E-state index in [0.717, 1.165) is 0 Å². The van der Waals surface area contributed by atoms with Crippen molar-refractivity contribution in [3.8, 4) is 5.75 Å². The Morgan fingerprint density at radius 1 is 1.31 bits per heavy atom. The highest BCUT2D eigenvalue weighted by molar-refractivity contribution is 5.94. The van der Waals surface area contributed by atoms with Gasteiger partial charge in [0.1, 0.15) is 5.75 Å². The zero-order valence-electron chi connectivity index (χ0n) is 8.81. The fourth-order valence-corrected chi connectivity index (χ4v) is 1.03. The van der Waals surface area contributed by atoms with Crippen LogP contribution in [-0.4, -0.2) is 29.8 Å². The van der Waals surface area contributed by atoms with Crippen molar-refractivity contribution in [2.45, 2.75) is 5.66 Å². The van der Waals surface area contributed by atoms with E-state index in [0.29, 0.717) is 5.56 Å². The van der Waals surface area contributed by atoms with Gasteiger partial charge >= 0.3 is 0 Å². The molecule has 0 unspecified atom stereocenters. The summed E-state index contributed by atoms with van der Waals surface area (Å²) in [5, 5.41) is 11.6. The van der Waals surface area contributed by atoms with Crippen LogP contribution >= 0.6 is 0 Å². The Balaban J connectivity index is 2.56. The van der Waals surface area contributed by atoms with Crippen molar-refractivity contribution in [2.75, 3.05) is 13.1 Å². The number of nitrogens with two attached hydrogens (primary N) is 3. The highest BCUT2D eigenvalue weighted by Crippen LogP contribution is 2.09. The summed E-state index contributed by atoms with van der Waals surface area (Å²) >= 11 is 0. The summed E-state index contributed by atoms with van der Waals surface area (Å²) in [5.74, 6) is -0.209. The first kappa shape index (κ1) is 12.4. The topological polar surface area (TPSA) is 127 Å². The quantitative estimate of drug-likeness (QED) is 0.406. The summed E-state index contributed by atoms with van der Waals surface area (Å²) in [6.45, 7) is 0.159. The molecule has 0 saturated heterocycles. The average Bonchev–Trinajstić information content (AvgIpc) is 2.27. The third-order valence-electron chi connectivity index (χ3n) is 2.09. The molecule has 0 radical (unpaired) electrons. The predicted octanol–water partition coefficient (Wildman–Crippen LogP) is -1.31. The lowest BCUT2D eigenvalue weighted by atomic mass is 10.1. The summed E-state index contributed by atoms with van der Waals surface area (Å²) in [6.07, 6.45) is 0. The number of carbonyl (C=O) groups is 1. The van der Waals surface area contributed by atoms with E-state index >= 15 is 0 Å². The van der Waals surface area contributed by atoms with E-state index in [-0.39, 0.29) is 24.7 Å². The third kappa shape index (κ3) is 3.50. The Hall–Kier alpha value is -1.63. The number of benzene rings is 1. The average molecular weight is 224 g/mol. The van der Waals surface area contributed by atoms with E-state index in [4.69, 9.17) is 22.3 Å². The molecule has 0 aromatic heterocycles. The van der Waals surface area contributed by atoms with Crippen molar-refractivity contribution in [1.82, 2.24) is 5.32 Å². The summed E-state index contributed by atoms with van der Waals surface area (Å²) < 4.78 is 0. The Morgan fingerprint density at radius 3 is 2.38 bits per heavy atom. The van der Waals surface area contributed by atoms with Gasteiger partial charge in [-0.3, -0.25) is 4.79 Å². The summed E-state index contributed by atoms with van der Waals surface area (Å²) in [6, 6.07) is 5.86. The molecule has 1 aromatic rings. The zero-order valence-corrected chi connectivity index (χ0v) is 8.81. The molecular weight excluding hydrogens is 208 g/mol. The predicted molar refractivity (Wildman–Crippen MR) is 60.6 cm³/mol. The molecule has 0 atom stereocenters. The maximum atomic E-state index is 11.6. The van der Waals surface area contributed by atoms with Crippen LogP contribution in [0.2, 0.25) is 0 Å². The van der Waals surface area contributed by atoms with E-state index in [1.807, 2.05) is 0 Å². The Kier molecular flexibility index (Phi) is 3.83. The smallest absolute Gasteiger partial charge is 0.251 e. The van der Waals surface area contributed by atoms with E-state index < -0.39 is 5.66 Å². The standard InChI is InChI=1S/C10H16N4O2/c11-5-10(12,13)6-14-9(16)7-1-3-8(15)4-2-7/h1-4,15H,5-6,11-13H2,(H,14,16). The molecule has 0 aliphatic rings. The van der Waals surface area contributed by atoms with Gasteiger partial charge in [-0.1, -0.05) is 0 Å². The molecule has 0 bridgehead atoms. The first-order valence-electron chi connectivity index (χ1n) is 4.80. The van der Waals surface area contributed by atoms with Crippen molar-refractivity contribution in [3.05, 3.63) is 29.8 Å². The number of hydrogen-bond donors (Lipinski definition) is 5. The maximum Gasteiger partial charge on any atom is 0.251 e. The number of carbonyl (C=O) groups excluding carboxylic acids is 1. The molecule has 0 heterocycles. The van der Waals surface area contributed by atoms with Gasteiger partial charge in [0.25, 0.3) is 5.91 Å². The SMILES string of the molecule is NCC(N)(N)CNC(=O)c1ccc(O)cc1. The number of aromatic hydroxyl groups is 1. The normalized spacial score (nSPS) is 11.2. The lowest BCUT2D eigenvalue weighted by Gasteiger charge is -2.22. The van der Waals surface area contributed by atoms with Gasteiger partial charge in [-0.25, -0.2) is 0 Å². The van der Waals surface area contributed by atoms with Crippen molar-refractivity contribution in [3.63, 3.8) is 0 Å². The van der Waals surface area contributed by atoms with Gasteiger partial charge in [-0.15, -0.1) is 0 Å². The van der Waals surface area contributed by atoms with Crippen LogP contribution < -0.4 is 22.5 Å². The van der Waals surface area contributed by atoms with Gasteiger partial charge in [0.05, 0.1) is 12.2 Å². The monoisotopic (exact) mass is 224 g/mol. The molecule has 16 heavy (non-hydrogen) atoms. The van der Waals surface area contributed by atoms with Crippen molar-refractivity contribution >= 4 is 5.91 Å². The molecule has 0 aliphatic heterocycles. The molecule has 8 N–H and O–H groups in total. The van der Waals surface area contributed by atoms with Crippen molar-refractivity contribution in [1.29, 1.82) is 0 Å². The molecule has 0 aliphatic carbocycles. The first-order valence-corrected chi connectivity index (χ1v) is 4.80. The number of amides is 1. The number of nitrogens with one attached hydrogen (secondary N) is 1. The van der Waals surface area contributed by atoms with Gasteiger partial charge < -0.3 is 27.6 Å². The summed E-state index contributed by atoms with van der Waals surface area (Å²) in [7, 11) is 0. The highest BCUT2D eigenvalue weighted by atomic mass is 16.3. The van der Waals surface area contributed by atoms with Crippen LogP contribution in [0.15, 0.2) is 24.3 Å². The Labute approximate surface area is 93.4 Å². The molecular formula is C10H16N4O2. The van der Waals surface area contributed by atoms with Crippen LogP contribution in [-0.2, 0) is 0 Å². The lowest BCUT2D eigenvalue weighted by molar-refractivity contribution is 0.0944. The molecule has 1 amide bonds. The lowest BCUT2D eigenvalue weighted by Crippen LogP contribution is -2.62. The summed E-state index contributed by atoms with van der Waals surface area (Å²) in [5.41, 5.74) is 15.8. The summed E-state index contributed by atoms with van der Waals surface area (Å²) in [4.78, 5) is 11.6. The van der Waals surface area contributed by atoms with Crippen LogP contribution in [0, 0.1) is 0 Å². The highest BCUT2D eigenvalue weighted by Gasteiger charge is 2.17. The molecule has 0 fully saturated rings. The zero-order chi connectivity index (χ0) is 12.2. The van der Waals surface area contributed by atoms with Gasteiger partial charge in [0, 0.05) is 12.1 Å². The molecule has 1 aromatic carbocycles. The third-order valence-corrected chi connectivity index (χ3v) is 2.09. The minimum atomic E-state index is -1.10. The number of hydrogen-bond acceptors (Lipinski definition) is 5. The second-order valence-electron chi connectivity index (χ2n) is 3.67. The van der Waals surface area contributed by atoms with Crippen molar-refractivity contribution in [2.24, 2.45) is 17.2 Å². The first-order chi connectivity index (χ1) is 7.44. The van der Waals surface area contributed by atoms with Crippen LogP contribution in [0.1, 0.15) is 10.4 Å². The van der Waals surface area contributed by atoms with E-state index in [1.165, 1.54) is 24.3 Å². The second-order valence-corrected chi connectivity index (χ2v) is 3.67. The van der Waals surface area contributed by atoms with Crippen LogP contribution in [0.25, 0.3) is 0 Å². The van der Waals surface area contributed by atoms with Gasteiger partial charge in [-0.2, -0.15) is 0 Å². The fourth-order valence-electron chi connectivity index (χ4n) is 1.03. The Bertz CT molecular complexity index is 362. The van der Waals surface area contributed by atoms with E-state index in [2.05, 4.69) is 5.32 Å². The molecule has 88 valence electrons. The number of phenols is 1. The van der Waals surface area contributed by atoms with Crippen molar-refractivity contribution < 1.29 is 9.90 Å². The number of rotatable bonds is 4. The van der Waals surface area contributed by atoms with Gasteiger partial charge in [-0.05, 0) is 24.3 Å². The van der Waals surface area contributed by atoms with Crippen LogP contribution in [0.3, 0.4) is 0 Å². The van der Waals surface area contributed by atoms with Gasteiger partial charge in [0.15, 0.2) is 0 Å². The van der Waals surface area contributed by atoms with E-state index in [1.54, 1.807) is 0 Å². The maximum absolute atomic E-state index is 11.6. The van der Waals surface area contributed by atoms with Crippen LogP contribution in [0.5, 0.6) is 5.75 Å². The van der Waals surface area contributed by atoms with E-state index in [9.17, 15) is 4.79 Å². The molecule has 0 spiro atoms. The minimum absolute atomic E-state index is 0.0723. The molecule has 1 rings (SSSR count). The molecule has 0 saturated carbocycles. The second kappa shape index (κ2) is 4.93. The van der Waals surface area contributed by atoms with Crippen LogP contribution in [0.4, 0.5) is 0 Å². The minimum Gasteiger partial charge on any atom is -0.508 e. The largest absolute Gasteiger partial charge is 0.508 e. The van der Waals surface area contributed by atoms with Gasteiger partial charge in [0.2, 0.25) is 0 Å². The fraction of sp³-hybridized carbons (Fsp3) is 0.300. The Morgan fingerprint density at radius 2 is 1.88 bits per heavy atom. The molecule has 6 nitrogen and oxygen atoms in total.